The van der Waals surface area contributed by atoms with Crippen molar-refractivity contribution in [2.24, 2.45) is 0 Å². The van der Waals surface area contributed by atoms with Crippen molar-refractivity contribution in [3.05, 3.63) is 26.9 Å². The van der Waals surface area contributed by atoms with Crippen molar-refractivity contribution in [1.29, 1.82) is 0 Å². The van der Waals surface area contributed by atoms with Gasteiger partial charge in [0.2, 0.25) is 0 Å². The largest absolute Gasteiger partial charge is 0.366 e. The molecule has 1 unspecified atom stereocenters. The zero-order valence-corrected chi connectivity index (χ0v) is 12.9. The Labute approximate surface area is 122 Å². The van der Waals surface area contributed by atoms with E-state index >= 15 is 0 Å². The van der Waals surface area contributed by atoms with Gasteiger partial charge in [-0.2, -0.15) is 0 Å². The van der Waals surface area contributed by atoms with Crippen molar-refractivity contribution in [2.75, 3.05) is 5.32 Å². The number of halogens is 1. The van der Waals surface area contributed by atoms with E-state index in [9.17, 15) is 10.1 Å². The van der Waals surface area contributed by atoms with Crippen LogP contribution in [0.3, 0.4) is 0 Å². The highest BCUT2D eigenvalue weighted by Gasteiger charge is 2.13. The lowest BCUT2D eigenvalue weighted by Gasteiger charge is -2.19. The highest BCUT2D eigenvalue weighted by molar-refractivity contribution is 9.10. The van der Waals surface area contributed by atoms with Gasteiger partial charge in [-0.1, -0.05) is 33.1 Å². The van der Waals surface area contributed by atoms with Crippen molar-refractivity contribution < 1.29 is 4.92 Å². The standard InChI is InChI=1S/C13H20BrN3O2/c1-3-5-7-10(6-4-2)16-13-12(14)8-11(9-15-13)17(18)19/h8-10H,3-7H2,1-2H3,(H,15,16). The minimum Gasteiger partial charge on any atom is -0.366 e. The summed E-state index contributed by atoms with van der Waals surface area (Å²) < 4.78 is 0.638. The summed E-state index contributed by atoms with van der Waals surface area (Å²) in [7, 11) is 0. The molecule has 0 radical (unpaired) electrons. The number of hydrogen-bond donors (Lipinski definition) is 1. The molecule has 0 saturated carbocycles. The summed E-state index contributed by atoms with van der Waals surface area (Å²) in [5, 5.41) is 14.0. The molecule has 0 aliphatic carbocycles. The summed E-state index contributed by atoms with van der Waals surface area (Å²) in [6, 6.07) is 1.85. The van der Waals surface area contributed by atoms with Crippen LogP contribution in [0, 0.1) is 10.1 Å². The number of anilines is 1. The van der Waals surface area contributed by atoms with Crippen molar-refractivity contribution in [3.63, 3.8) is 0 Å². The topological polar surface area (TPSA) is 68.1 Å². The first kappa shape index (κ1) is 15.9. The molecule has 1 rings (SSSR count). The fourth-order valence-electron chi connectivity index (χ4n) is 1.91. The van der Waals surface area contributed by atoms with E-state index in [1.807, 2.05) is 0 Å². The molecule has 106 valence electrons. The predicted molar refractivity (Wildman–Crippen MR) is 80.4 cm³/mol. The van der Waals surface area contributed by atoms with Gasteiger partial charge < -0.3 is 5.32 Å². The molecule has 0 bridgehead atoms. The third kappa shape index (κ3) is 5.14. The summed E-state index contributed by atoms with van der Waals surface area (Å²) in [6.07, 6.45) is 6.89. The first-order chi connectivity index (χ1) is 9.08. The Balaban J connectivity index is 2.75. The molecule has 6 heteroatoms. The maximum absolute atomic E-state index is 10.7. The Morgan fingerprint density at radius 3 is 2.68 bits per heavy atom. The third-order valence-corrected chi connectivity index (χ3v) is 3.53. The van der Waals surface area contributed by atoms with E-state index in [1.165, 1.54) is 18.7 Å². The summed E-state index contributed by atoms with van der Waals surface area (Å²) >= 11 is 3.33. The van der Waals surface area contributed by atoms with Gasteiger partial charge in [0.15, 0.2) is 0 Å². The average Bonchev–Trinajstić information content (AvgIpc) is 2.38. The summed E-state index contributed by atoms with van der Waals surface area (Å²) in [6.45, 7) is 4.32. The molecular formula is C13H20BrN3O2. The van der Waals surface area contributed by atoms with Crippen molar-refractivity contribution in [3.8, 4) is 0 Å². The van der Waals surface area contributed by atoms with Gasteiger partial charge in [-0.05, 0) is 28.8 Å². The predicted octanol–water partition coefficient (Wildman–Crippen LogP) is 4.52. The lowest BCUT2D eigenvalue weighted by Crippen LogP contribution is -2.20. The van der Waals surface area contributed by atoms with Crippen LogP contribution in [0.1, 0.15) is 46.0 Å². The molecule has 0 aliphatic heterocycles. The Kier molecular flexibility index (Phi) is 6.77. The molecular weight excluding hydrogens is 310 g/mol. The number of nitro groups is 1. The van der Waals surface area contributed by atoms with Gasteiger partial charge in [0, 0.05) is 12.1 Å². The minimum absolute atomic E-state index is 0.00183. The Morgan fingerprint density at radius 1 is 1.42 bits per heavy atom. The normalized spacial score (nSPS) is 12.2. The molecule has 1 atom stereocenters. The van der Waals surface area contributed by atoms with Crippen LogP contribution < -0.4 is 5.32 Å². The second-order valence-corrected chi connectivity index (χ2v) is 5.41. The fourth-order valence-corrected chi connectivity index (χ4v) is 2.37. The molecule has 0 spiro atoms. The first-order valence-corrected chi connectivity index (χ1v) is 7.44. The maximum atomic E-state index is 10.7. The Hall–Kier alpha value is -1.17. The van der Waals surface area contributed by atoms with Crippen molar-refractivity contribution in [1.82, 2.24) is 4.98 Å². The fraction of sp³-hybridized carbons (Fsp3) is 0.615. The van der Waals surface area contributed by atoms with Gasteiger partial charge in [-0.3, -0.25) is 10.1 Å². The lowest BCUT2D eigenvalue weighted by molar-refractivity contribution is -0.385. The molecule has 0 aliphatic rings. The van der Waals surface area contributed by atoms with Crippen LogP contribution in [-0.2, 0) is 0 Å². The molecule has 19 heavy (non-hydrogen) atoms. The molecule has 5 nitrogen and oxygen atoms in total. The highest BCUT2D eigenvalue weighted by atomic mass is 79.9. The number of nitrogens with zero attached hydrogens (tertiary/aromatic N) is 2. The number of unbranched alkanes of at least 4 members (excludes halogenated alkanes) is 1. The molecule has 1 N–H and O–H groups in total. The van der Waals surface area contributed by atoms with Gasteiger partial charge in [-0.25, -0.2) is 4.98 Å². The van der Waals surface area contributed by atoms with E-state index in [-0.39, 0.29) is 5.69 Å². The lowest BCUT2D eigenvalue weighted by atomic mass is 10.1. The van der Waals surface area contributed by atoms with Gasteiger partial charge in [0.25, 0.3) is 5.69 Å². The number of pyridine rings is 1. The van der Waals surface area contributed by atoms with Crippen LogP contribution in [0.25, 0.3) is 0 Å². The van der Waals surface area contributed by atoms with E-state index in [1.54, 1.807) is 0 Å². The summed E-state index contributed by atoms with van der Waals surface area (Å²) in [5.74, 6) is 0.681. The van der Waals surface area contributed by atoms with Crippen LogP contribution in [0.5, 0.6) is 0 Å². The molecule has 0 fully saturated rings. The number of hydrogen-bond acceptors (Lipinski definition) is 4. The van der Waals surface area contributed by atoms with E-state index in [2.05, 4.69) is 40.1 Å². The van der Waals surface area contributed by atoms with E-state index < -0.39 is 4.92 Å². The van der Waals surface area contributed by atoms with Gasteiger partial charge >= 0.3 is 0 Å². The number of rotatable bonds is 8. The Bertz CT molecular complexity index is 426. The van der Waals surface area contributed by atoms with Crippen LogP contribution in [0.15, 0.2) is 16.7 Å². The number of nitrogens with one attached hydrogen (secondary N) is 1. The second kappa shape index (κ2) is 8.09. The van der Waals surface area contributed by atoms with Crippen molar-refractivity contribution >= 4 is 27.4 Å². The highest BCUT2D eigenvalue weighted by Crippen LogP contribution is 2.26. The maximum Gasteiger partial charge on any atom is 0.288 e. The van der Waals surface area contributed by atoms with E-state index in [0.717, 1.165) is 25.7 Å². The molecule has 1 aromatic heterocycles. The Morgan fingerprint density at radius 2 is 2.16 bits per heavy atom. The summed E-state index contributed by atoms with van der Waals surface area (Å²) in [5.41, 5.74) is -0.00183. The van der Waals surface area contributed by atoms with E-state index in [0.29, 0.717) is 16.3 Å². The second-order valence-electron chi connectivity index (χ2n) is 4.55. The van der Waals surface area contributed by atoms with Gasteiger partial charge in [-0.15, -0.1) is 0 Å². The van der Waals surface area contributed by atoms with Crippen LogP contribution >= 0.6 is 15.9 Å². The third-order valence-electron chi connectivity index (χ3n) is 2.92. The average molecular weight is 330 g/mol. The molecule has 0 saturated heterocycles. The SMILES string of the molecule is CCCCC(CCC)Nc1ncc([N+](=O)[O-])cc1Br. The zero-order valence-electron chi connectivity index (χ0n) is 11.4. The van der Waals surface area contributed by atoms with Gasteiger partial charge in [0.1, 0.15) is 12.0 Å². The number of aromatic nitrogens is 1. The summed E-state index contributed by atoms with van der Waals surface area (Å²) in [4.78, 5) is 14.3. The van der Waals surface area contributed by atoms with E-state index in [4.69, 9.17) is 0 Å². The van der Waals surface area contributed by atoms with Crippen LogP contribution in [0.2, 0.25) is 0 Å². The monoisotopic (exact) mass is 329 g/mol. The minimum atomic E-state index is -0.442. The molecule has 1 aromatic rings. The quantitative estimate of drug-likeness (QED) is 0.562. The van der Waals surface area contributed by atoms with Crippen LogP contribution in [0.4, 0.5) is 11.5 Å². The van der Waals surface area contributed by atoms with Crippen LogP contribution in [-0.4, -0.2) is 15.9 Å². The molecule has 0 aromatic carbocycles. The zero-order chi connectivity index (χ0) is 14.3. The molecule has 1 heterocycles. The molecule has 0 amide bonds. The smallest absolute Gasteiger partial charge is 0.288 e. The van der Waals surface area contributed by atoms with Gasteiger partial charge in [0.05, 0.1) is 9.40 Å². The first-order valence-electron chi connectivity index (χ1n) is 6.64. The van der Waals surface area contributed by atoms with Crippen molar-refractivity contribution in [2.45, 2.75) is 52.0 Å².